The second-order valence-corrected chi connectivity index (χ2v) is 6.66. The Kier molecular flexibility index (Phi) is 4.84. The molecular weight excluding hydrogens is 370 g/mol. The van der Waals surface area contributed by atoms with E-state index in [1.807, 2.05) is 19.9 Å². The fourth-order valence-corrected chi connectivity index (χ4v) is 3.62. The largest absolute Gasteiger partial charge is 0.493 e. The summed E-state index contributed by atoms with van der Waals surface area (Å²) in [7, 11) is 3.14. The molecule has 0 bridgehead atoms. The van der Waals surface area contributed by atoms with Gasteiger partial charge in [-0.3, -0.25) is 9.69 Å². The van der Waals surface area contributed by atoms with E-state index >= 15 is 0 Å². The molecule has 3 aromatic rings. The lowest BCUT2D eigenvalue weighted by atomic mass is 10.0. The highest BCUT2D eigenvalue weighted by molar-refractivity contribution is 6.11. The van der Waals surface area contributed by atoms with Crippen LogP contribution in [-0.2, 0) is 0 Å². The molecule has 3 heterocycles. The summed E-state index contributed by atoms with van der Waals surface area (Å²) in [6.07, 6.45) is 3.99. The van der Waals surface area contributed by atoms with Gasteiger partial charge in [-0.05, 0) is 37.1 Å². The number of carbonyl (C=O) groups excluding carboxylic acids is 1. The minimum Gasteiger partial charge on any atom is -0.493 e. The van der Waals surface area contributed by atoms with Crippen LogP contribution in [-0.4, -0.2) is 40.1 Å². The summed E-state index contributed by atoms with van der Waals surface area (Å²) in [5, 5.41) is 0. The van der Waals surface area contributed by atoms with Crippen LogP contribution in [0, 0.1) is 6.92 Å². The number of amides is 1. The standard InChI is InChI=1S/C21H21N5O3/c1-5-15-13-10-16(28-3)17(29-4)11-14(13)21(27)26(15)18-9-12(2)24-20(25-18)19-22-7-6-8-23-19/h6-11,15H,5H2,1-4H3/t15-/m1/s1. The van der Waals surface area contributed by atoms with Crippen LogP contribution in [0.25, 0.3) is 11.6 Å². The van der Waals surface area contributed by atoms with Crippen LogP contribution in [0.3, 0.4) is 0 Å². The smallest absolute Gasteiger partial charge is 0.260 e. The maximum atomic E-state index is 13.3. The minimum absolute atomic E-state index is 0.133. The van der Waals surface area contributed by atoms with Gasteiger partial charge < -0.3 is 9.47 Å². The normalized spacial score (nSPS) is 15.4. The van der Waals surface area contributed by atoms with Crippen molar-refractivity contribution < 1.29 is 14.3 Å². The third-order valence-corrected chi connectivity index (χ3v) is 4.92. The van der Waals surface area contributed by atoms with Crippen LogP contribution in [0.4, 0.5) is 5.82 Å². The Hall–Kier alpha value is -3.55. The predicted octanol–water partition coefficient (Wildman–Crippen LogP) is 3.37. The summed E-state index contributed by atoms with van der Waals surface area (Å²) in [6.45, 7) is 3.89. The summed E-state index contributed by atoms with van der Waals surface area (Å²) in [6, 6.07) is 6.96. The number of carbonyl (C=O) groups is 1. The molecule has 1 amide bonds. The van der Waals surface area contributed by atoms with Gasteiger partial charge in [-0.15, -0.1) is 0 Å². The van der Waals surface area contributed by atoms with Crippen molar-refractivity contribution in [3.63, 3.8) is 0 Å². The predicted molar refractivity (Wildman–Crippen MR) is 107 cm³/mol. The van der Waals surface area contributed by atoms with Gasteiger partial charge in [0, 0.05) is 29.7 Å². The van der Waals surface area contributed by atoms with E-state index in [-0.39, 0.29) is 11.9 Å². The van der Waals surface area contributed by atoms with E-state index in [1.54, 1.807) is 49.7 Å². The fourth-order valence-electron chi connectivity index (χ4n) is 3.62. The maximum absolute atomic E-state index is 13.3. The number of fused-ring (bicyclic) bond motifs is 1. The molecule has 4 rings (SSSR count). The lowest BCUT2D eigenvalue weighted by Crippen LogP contribution is -2.28. The van der Waals surface area contributed by atoms with Crippen LogP contribution in [0.2, 0.25) is 0 Å². The minimum atomic E-state index is -0.170. The number of anilines is 1. The van der Waals surface area contributed by atoms with E-state index < -0.39 is 0 Å². The first-order valence-electron chi connectivity index (χ1n) is 9.30. The highest BCUT2D eigenvalue weighted by atomic mass is 16.5. The van der Waals surface area contributed by atoms with Crippen molar-refractivity contribution in [1.29, 1.82) is 0 Å². The van der Waals surface area contributed by atoms with Crippen molar-refractivity contribution in [2.75, 3.05) is 19.1 Å². The highest BCUT2D eigenvalue weighted by Crippen LogP contribution is 2.43. The van der Waals surface area contributed by atoms with Gasteiger partial charge in [0.2, 0.25) is 0 Å². The number of aromatic nitrogens is 4. The molecule has 2 aromatic heterocycles. The number of benzene rings is 1. The van der Waals surface area contributed by atoms with Crippen LogP contribution in [0.5, 0.6) is 11.5 Å². The number of rotatable bonds is 5. The SMILES string of the molecule is CC[C@@H]1c2cc(OC)c(OC)cc2C(=O)N1c1cc(C)nc(-c2ncccn2)n1. The molecule has 1 aromatic carbocycles. The summed E-state index contributed by atoms with van der Waals surface area (Å²) in [5.74, 6) is 2.30. The summed E-state index contributed by atoms with van der Waals surface area (Å²) >= 11 is 0. The van der Waals surface area contributed by atoms with Gasteiger partial charge >= 0.3 is 0 Å². The maximum Gasteiger partial charge on any atom is 0.260 e. The number of hydrogen-bond acceptors (Lipinski definition) is 7. The van der Waals surface area contributed by atoms with Crippen molar-refractivity contribution in [2.45, 2.75) is 26.3 Å². The Labute approximate surface area is 168 Å². The van der Waals surface area contributed by atoms with Crippen LogP contribution < -0.4 is 14.4 Å². The monoisotopic (exact) mass is 391 g/mol. The number of ether oxygens (including phenoxy) is 2. The van der Waals surface area contributed by atoms with E-state index in [0.717, 1.165) is 11.3 Å². The fraction of sp³-hybridized carbons (Fsp3) is 0.286. The topological polar surface area (TPSA) is 90.3 Å². The lowest BCUT2D eigenvalue weighted by molar-refractivity contribution is 0.0989. The molecule has 148 valence electrons. The zero-order chi connectivity index (χ0) is 20.5. The molecule has 8 heteroatoms. The van der Waals surface area contributed by atoms with Crippen molar-refractivity contribution in [2.24, 2.45) is 0 Å². The Balaban J connectivity index is 1.83. The molecular formula is C21H21N5O3. The summed E-state index contributed by atoms with van der Waals surface area (Å²) in [5.41, 5.74) is 2.21. The third-order valence-electron chi connectivity index (χ3n) is 4.92. The van der Waals surface area contributed by atoms with Gasteiger partial charge in [0.15, 0.2) is 23.1 Å². The Morgan fingerprint density at radius 1 is 1.00 bits per heavy atom. The van der Waals surface area contributed by atoms with Gasteiger partial charge in [0.05, 0.1) is 20.3 Å². The van der Waals surface area contributed by atoms with Gasteiger partial charge in [-0.2, -0.15) is 0 Å². The first-order chi connectivity index (χ1) is 14.1. The number of nitrogens with zero attached hydrogens (tertiary/aromatic N) is 5. The van der Waals surface area contributed by atoms with Crippen molar-refractivity contribution >= 4 is 11.7 Å². The van der Waals surface area contributed by atoms with Gasteiger partial charge in [0.25, 0.3) is 5.91 Å². The zero-order valence-corrected chi connectivity index (χ0v) is 16.7. The quantitative estimate of drug-likeness (QED) is 0.658. The molecule has 29 heavy (non-hydrogen) atoms. The van der Waals surface area contributed by atoms with Crippen LogP contribution in [0.15, 0.2) is 36.7 Å². The average Bonchev–Trinajstić information content (AvgIpc) is 3.03. The molecule has 0 saturated carbocycles. The third kappa shape index (κ3) is 3.16. The highest BCUT2D eigenvalue weighted by Gasteiger charge is 2.39. The Bertz CT molecular complexity index is 1070. The Morgan fingerprint density at radius 2 is 1.69 bits per heavy atom. The van der Waals surface area contributed by atoms with Crippen LogP contribution >= 0.6 is 0 Å². The number of aryl methyl sites for hydroxylation is 1. The molecule has 8 nitrogen and oxygen atoms in total. The molecule has 1 atom stereocenters. The molecule has 0 unspecified atom stereocenters. The van der Waals surface area contributed by atoms with E-state index in [9.17, 15) is 4.79 Å². The molecule has 0 fully saturated rings. The first kappa shape index (κ1) is 18.8. The second kappa shape index (κ2) is 7.46. The van der Waals surface area contributed by atoms with E-state index in [2.05, 4.69) is 19.9 Å². The van der Waals surface area contributed by atoms with Gasteiger partial charge in [-0.1, -0.05) is 6.92 Å². The van der Waals surface area contributed by atoms with Gasteiger partial charge in [-0.25, -0.2) is 19.9 Å². The van der Waals surface area contributed by atoms with Crippen molar-refractivity contribution in [3.8, 4) is 23.1 Å². The molecule has 0 saturated heterocycles. The lowest BCUT2D eigenvalue weighted by Gasteiger charge is -2.24. The first-order valence-corrected chi connectivity index (χ1v) is 9.30. The molecule has 1 aliphatic heterocycles. The zero-order valence-electron chi connectivity index (χ0n) is 16.7. The number of methoxy groups -OCH3 is 2. The molecule has 0 radical (unpaired) electrons. The number of hydrogen-bond donors (Lipinski definition) is 0. The molecule has 0 N–H and O–H groups in total. The molecule has 1 aliphatic rings. The second-order valence-electron chi connectivity index (χ2n) is 6.66. The van der Waals surface area contributed by atoms with E-state index in [0.29, 0.717) is 40.9 Å². The summed E-state index contributed by atoms with van der Waals surface area (Å²) < 4.78 is 10.8. The summed E-state index contributed by atoms with van der Waals surface area (Å²) in [4.78, 5) is 32.5. The van der Waals surface area contributed by atoms with E-state index in [4.69, 9.17) is 9.47 Å². The van der Waals surface area contributed by atoms with Crippen LogP contribution in [0.1, 0.15) is 41.0 Å². The average molecular weight is 391 g/mol. The molecule has 0 aliphatic carbocycles. The molecule has 0 spiro atoms. The van der Waals surface area contributed by atoms with E-state index in [1.165, 1.54) is 0 Å². The Morgan fingerprint density at radius 3 is 2.34 bits per heavy atom. The van der Waals surface area contributed by atoms with Gasteiger partial charge in [0.1, 0.15) is 5.82 Å². The van der Waals surface area contributed by atoms with Crippen molar-refractivity contribution in [3.05, 3.63) is 53.5 Å². The van der Waals surface area contributed by atoms with Crippen molar-refractivity contribution in [1.82, 2.24) is 19.9 Å².